The molecule has 0 bridgehead atoms. The minimum absolute atomic E-state index is 0.147. The molecule has 2 atom stereocenters. The number of halogens is 2. The summed E-state index contributed by atoms with van der Waals surface area (Å²) < 4.78 is 0. The second-order valence-electron chi connectivity index (χ2n) is 2.93. The molecule has 1 aliphatic rings. The molecule has 0 aromatic carbocycles. The molecular weight excluding hydrogens is 181 g/mol. The monoisotopic (exact) mass is 191 g/mol. The zero-order chi connectivity index (χ0) is 8.65. The van der Waals surface area contributed by atoms with Crippen LogP contribution in [0.4, 0.5) is 0 Å². The van der Waals surface area contributed by atoms with Crippen molar-refractivity contribution in [3.63, 3.8) is 0 Å². The predicted molar refractivity (Wildman–Crippen MR) is 49.9 cm³/mol. The van der Waals surface area contributed by atoms with Crippen LogP contribution in [-0.4, -0.2) is 10.9 Å². The molecule has 1 rings (SSSR count). The highest BCUT2D eigenvalue weighted by atomic mass is 35.5. The van der Waals surface area contributed by atoms with Crippen LogP contribution in [0.1, 0.15) is 13.8 Å². The Labute approximate surface area is 76.9 Å². The summed E-state index contributed by atoms with van der Waals surface area (Å²) in [6, 6.07) is -0.147. The van der Waals surface area contributed by atoms with Gasteiger partial charge in [0.1, 0.15) is 0 Å². The van der Waals surface area contributed by atoms with Crippen molar-refractivity contribution in [3.05, 3.63) is 22.8 Å². The highest BCUT2D eigenvalue weighted by Crippen LogP contribution is 2.35. The molecule has 1 nitrogen and oxygen atoms in total. The number of hydrogen-bond donors (Lipinski definition) is 1. The summed E-state index contributed by atoms with van der Waals surface area (Å²) in [6.07, 6.45) is 3.62. The quantitative estimate of drug-likeness (QED) is 0.586. The van der Waals surface area contributed by atoms with E-state index in [9.17, 15) is 0 Å². The normalized spacial score (nSPS) is 38.1. The van der Waals surface area contributed by atoms with Gasteiger partial charge in [-0.2, -0.15) is 0 Å². The molecule has 62 valence electrons. The van der Waals surface area contributed by atoms with Crippen molar-refractivity contribution in [3.8, 4) is 0 Å². The molecule has 11 heavy (non-hydrogen) atoms. The molecule has 0 fully saturated rings. The number of nitrogens with two attached hydrogens (primary N) is 1. The lowest BCUT2D eigenvalue weighted by atomic mass is 9.89. The molecule has 2 N–H and O–H groups in total. The molecule has 0 radical (unpaired) electrons. The van der Waals surface area contributed by atoms with E-state index >= 15 is 0 Å². The van der Waals surface area contributed by atoms with Crippen LogP contribution in [0.5, 0.6) is 0 Å². The Hall–Kier alpha value is 0.0200. The third kappa shape index (κ3) is 1.46. The Morgan fingerprint density at radius 3 is 2.64 bits per heavy atom. The first-order chi connectivity index (χ1) is 4.96. The van der Waals surface area contributed by atoms with Crippen molar-refractivity contribution in [1.29, 1.82) is 0 Å². The average molecular weight is 192 g/mol. The molecule has 0 saturated carbocycles. The molecular formula is C8H11Cl2N. The summed E-state index contributed by atoms with van der Waals surface area (Å²) in [5.74, 6) is 0. The Morgan fingerprint density at radius 1 is 1.64 bits per heavy atom. The van der Waals surface area contributed by atoms with E-state index in [-0.39, 0.29) is 6.04 Å². The van der Waals surface area contributed by atoms with E-state index in [1.165, 1.54) is 0 Å². The summed E-state index contributed by atoms with van der Waals surface area (Å²) in [4.78, 5) is -0.522. The summed E-state index contributed by atoms with van der Waals surface area (Å²) in [5.41, 5.74) is 6.69. The van der Waals surface area contributed by atoms with Gasteiger partial charge >= 0.3 is 0 Å². The SMILES string of the molecule is CC1=C(Cl)C=CC(N)C1(C)Cl. The van der Waals surface area contributed by atoms with Crippen LogP contribution in [0.25, 0.3) is 0 Å². The lowest BCUT2D eigenvalue weighted by Crippen LogP contribution is -2.42. The summed E-state index contributed by atoms with van der Waals surface area (Å²) >= 11 is 12.0. The minimum Gasteiger partial charge on any atom is -0.323 e. The molecule has 0 aromatic heterocycles. The van der Waals surface area contributed by atoms with E-state index in [0.29, 0.717) is 5.03 Å². The fourth-order valence-corrected chi connectivity index (χ4v) is 1.47. The highest BCUT2D eigenvalue weighted by molar-refractivity contribution is 6.34. The standard InChI is InChI=1S/C8H11Cl2N/c1-5-6(9)3-4-7(11)8(5,2)10/h3-4,7H,11H2,1-2H3. The van der Waals surface area contributed by atoms with Gasteiger partial charge in [-0.15, -0.1) is 11.6 Å². The largest absolute Gasteiger partial charge is 0.323 e. The molecule has 0 spiro atoms. The van der Waals surface area contributed by atoms with Crippen molar-refractivity contribution in [2.45, 2.75) is 24.8 Å². The Bertz CT molecular complexity index is 228. The highest BCUT2D eigenvalue weighted by Gasteiger charge is 2.33. The fraction of sp³-hybridized carbons (Fsp3) is 0.500. The first kappa shape index (κ1) is 9.11. The predicted octanol–water partition coefficient (Wildman–Crippen LogP) is 2.39. The first-order valence-electron chi connectivity index (χ1n) is 3.46. The Kier molecular flexibility index (Phi) is 2.33. The van der Waals surface area contributed by atoms with Gasteiger partial charge in [0, 0.05) is 11.1 Å². The minimum atomic E-state index is -0.522. The van der Waals surface area contributed by atoms with E-state index in [1.54, 1.807) is 6.08 Å². The van der Waals surface area contributed by atoms with Crippen LogP contribution in [0.3, 0.4) is 0 Å². The maximum atomic E-state index is 6.15. The van der Waals surface area contributed by atoms with Crippen molar-refractivity contribution in [2.24, 2.45) is 5.73 Å². The van der Waals surface area contributed by atoms with Gasteiger partial charge in [-0.3, -0.25) is 0 Å². The van der Waals surface area contributed by atoms with Gasteiger partial charge in [-0.05, 0) is 25.5 Å². The maximum Gasteiger partial charge on any atom is 0.0827 e. The van der Waals surface area contributed by atoms with Gasteiger partial charge in [0.2, 0.25) is 0 Å². The van der Waals surface area contributed by atoms with Crippen molar-refractivity contribution >= 4 is 23.2 Å². The topological polar surface area (TPSA) is 26.0 Å². The molecule has 1 aliphatic carbocycles. The van der Waals surface area contributed by atoms with Crippen LogP contribution >= 0.6 is 23.2 Å². The zero-order valence-corrected chi connectivity index (χ0v) is 8.08. The van der Waals surface area contributed by atoms with Crippen LogP contribution in [0.15, 0.2) is 22.8 Å². The second kappa shape index (κ2) is 2.81. The number of allylic oxidation sites excluding steroid dienone is 2. The molecule has 0 heterocycles. The molecule has 2 unspecified atom stereocenters. The zero-order valence-electron chi connectivity index (χ0n) is 6.57. The molecule has 0 aromatic rings. The lowest BCUT2D eigenvalue weighted by molar-refractivity contribution is 0.627. The van der Waals surface area contributed by atoms with Crippen LogP contribution in [0, 0.1) is 0 Å². The van der Waals surface area contributed by atoms with E-state index in [2.05, 4.69) is 0 Å². The molecule has 0 saturated heterocycles. The van der Waals surface area contributed by atoms with Crippen LogP contribution < -0.4 is 5.73 Å². The Morgan fingerprint density at radius 2 is 2.18 bits per heavy atom. The average Bonchev–Trinajstić information content (AvgIpc) is 1.95. The lowest BCUT2D eigenvalue weighted by Gasteiger charge is -2.31. The van der Waals surface area contributed by atoms with Gasteiger partial charge in [0.05, 0.1) is 4.87 Å². The van der Waals surface area contributed by atoms with Crippen molar-refractivity contribution in [2.75, 3.05) is 0 Å². The second-order valence-corrected chi connectivity index (χ2v) is 4.13. The third-order valence-corrected chi connectivity index (χ3v) is 3.11. The van der Waals surface area contributed by atoms with Gasteiger partial charge in [-0.25, -0.2) is 0 Å². The Balaban J connectivity index is 3.07. The number of hydrogen-bond acceptors (Lipinski definition) is 1. The van der Waals surface area contributed by atoms with Gasteiger partial charge in [-0.1, -0.05) is 17.7 Å². The third-order valence-electron chi connectivity index (χ3n) is 2.17. The maximum absolute atomic E-state index is 6.15. The first-order valence-corrected chi connectivity index (χ1v) is 4.21. The fourth-order valence-electron chi connectivity index (χ4n) is 0.977. The van der Waals surface area contributed by atoms with E-state index < -0.39 is 4.87 Å². The molecule has 0 aliphatic heterocycles. The smallest absolute Gasteiger partial charge is 0.0827 e. The summed E-state index contributed by atoms with van der Waals surface area (Å²) in [7, 11) is 0. The van der Waals surface area contributed by atoms with E-state index in [0.717, 1.165) is 5.57 Å². The summed E-state index contributed by atoms with van der Waals surface area (Å²) in [5, 5.41) is 0.698. The van der Waals surface area contributed by atoms with Crippen molar-refractivity contribution in [1.82, 2.24) is 0 Å². The van der Waals surface area contributed by atoms with E-state index in [4.69, 9.17) is 28.9 Å². The van der Waals surface area contributed by atoms with E-state index in [1.807, 2.05) is 19.9 Å². The molecule has 3 heteroatoms. The van der Waals surface area contributed by atoms with Crippen molar-refractivity contribution < 1.29 is 0 Å². The molecule has 0 amide bonds. The number of alkyl halides is 1. The van der Waals surface area contributed by atoms with Gasteiger partial charge < -0.3 is 5.73 Å². The van der Waals surface area contributed by atoms with Crippen LogP contribution in [-0.2, 0) is 0 Å². The van der Waals surface area contributed by atoms with Gasteiger partial charge in [0.15, 0.2) is 0 Å². The number of rotatable bonds is 0. The van der Waals surface area contributed by atoms with Gasteiger partial charge in [0.25, 0.3) is 0 Å². The summed E-state index contributed by atoms with van der Waals surface area (Å²) in [6.45, 7) is 3.78. The van der Waals surface area contributed by atoms with Crippen LogP contribution in [0.2, 0.25) is 0 Å².